The van der Waals surface area contributed by atoms with Gasteiger partial charge in [0.1, 0.15) is 11.4 Å². The molecule has 0 N–H and O–H groups in total. The highest BCUT2D eigenvalue weighted by atomic mass is 19.4. The van der Waals surface area contributed by atoms with E-state index in [0.29, 0.717) is 11.3 Å². The van der Waals surface area contributed by atoms with Crippen LogP contribution in [0.4, 0.5) is 13.2 Å². The van der Waals surface area contributed by atoms with Gasteiger partial charge in [0.15, 0.2) is 5.78 Å². The van der Waals surface area contributed by atoms with Crippen molar-refractivity contribution in [1.82, 2.24) is 0 Å². The molecule has 0 fully saturated rings. The second-order valence-electron chi connectivity index (χ2n) is 4.56. The summed E-state index contributed by atoms with van der Waals surface area (Å²) in [4.78, 5) is 12.3. The standard InChI is InChI=1S/C14H13F3O3/c1-3-6-13(20-14(15,16)17)8-9-4-5-10(19-2)7-11(9)12(13)18/h3-5,7H,1,6,8H2,2H3. The fraction of sp³-hybridized carbons (Fsp3) is 0.357. The molecule has 20 heavy (non-hydrogen) atoms. The smallest absolute Gasteiger partial charge is 0.497 e. The maximum Gasteiger partial charge on any atom is 0.523 e. The van der Waals surface area contributed by atoms with Crippen molar-refractivity contribution < 1.29 is 27.4 Å². The lowest BCUT2D eigenvalue weighted by Gasteiger charge is -2.27. The van der Waals surface area contributed by atoms with Crippen LogP contribution in [0, 0.1) is 0 Å². The van der Waals surface area contributed by atoms with Crippen molar-refractivity contribution in [2.75, 3.05) is 7.11 Å². The number of ether oxygens (including phenoxy) is 2. The van der Waals surface area contributed by atoms with Gasteiger partial charge in [0.25, 0.3) is 0 Å². The van der Waals surface area contributed by atoms with Crippen LogP contribution in [0.3, 0.4) is 0 Å². The van der Waals surface area contributed by atoms with Gasteiger partial charge in [-0.2, -0.15) is 0 Å². The Kier molecular flexibility index (Phi) is 3.60. The molecule has 2 rings (SSSR count). The summed E-state index contributed by atoms with van der Waals surface area (Å²) in [5.41, 5.74) is -1.23. The van der Waals surface area contributed by atoms with Crippen molar-refractivity contribution >= 4 is 5.78 Å². The molecule has 0 saturated heterocycles. The average molecular weight is 286 g/mol. The Morgan fingerprint density at radius 3 is 2.70 bits per heavy atom. The predicted molar refractivity (Wildman–Crippen MR) is 65.7 cm³/mol. The van der Waals surface area contributed by atoms with Crippen molar-refractivity contribution in [3.63, 3.8) is 0 Å². The van der Waals surface area contributed by atoms with E-state index in [1.165, 1.54) is 19.3 Å². The van der Waals surface area contributed by atoms with E-state index in [9.17, 15) is 18.0 Å². The number of methoxy groups -OCH3 is 1. The zero-order chi connectivity index (χ0) is 15.0. The minimum Gasteiger partial charge on any atom is -0.497 e. The topological polar surface area (TPSA) is 35.5 Å². The van der Waals surface area contributed by atoms with Gasteiger partial charge >= 0.3 is 6.36 Å². The number of halogens is 3. The third-order valence-electron chi connectivity index (χ3n) is 3.24. The zero-order valence-corrected chi connectivity index (χ0v) is 10.8. The monoisotopic (exact) mass is 286 g/mol. The van der Waals surface area contributed by atoms with E-state index < -0.39 is 17.7 Å². The van der Waals surface area contributed by atoms with E-state index in [0.717, 1.165) is 0 Å². The molecule has 0 heterocycles. The Labute approximate surface area is 114 Å². The molecule has 1 atom stereocenters. The van der Waals surface area contributed by atoms with Crippen LogP contribution in [0.2, 0.25) is 0 Å². The molecule has 0 radical (unpaired) electrons. The van der Waals surface area contributed by atoms with E-state index >= 15 is 0 Å². The maximum absolute atomic E-state index is 12.6. The van der Waals surface area contributed by atoms with Crippen LogP contribution in [-0.2, 0) is 11.2 Å². The first kappa shape index (κ1) is 14.6. The van der Waals surface area contributed by atoms with Gasteiger partial charge < -0.3 is 4.74 Å². The summed E-state index contributed by atoms with van der Waals surface area (Å²) in [7, 11) is 1.42. The average Bonchev–Trinajstić information content (AvgIpc) is 2.61. The zero-order valence-electron chi connectivity index (χ0n) is 10.8. The van der Waals surface area contributed by atoms with Crippen molar-refractivity contribution in [3.8, 4) is 5.75 Å². The van der Waals surface area contributed by atoms with E-state index in [1.54, 1.807) is 12.1 Å². The van der Waals surface area contributed by atoms with Gasteiger partial charge in [0.05, 0.1) is 7.11 Å². The molecular weight excluding hydrogens is 273 g/mol. The van der Waals surface area contributed by atoms with Crippen molar-refractivity contribution in [1.29, 1.82) is 0 Å². The van der Waals surface area contributed by atoms with Gasteiger partial charge in [-0.25, -0.2) is 0 Å². The number of rotatable bonds is 4. The molecule has 0 amide bonds. The highest BCUT2D eigenvalue weighted by Crippen LogP contribution is 2.40. The summed E-state index contributed by atoms with van der Waals surface area (Å²) in [5.74, 6) is -0.276. The molecule has 0 aromatic heterocycles. The molecule has 0 saturated carbocycles. The van der Waals surface area contributed by atoms with Crippen LogP contribution in [0.15, 0.2) is 30.9 Å². The number of Topliss-reactive ketones (excluding diaryl/α,β-unsaturated/α-hetero) is 1. The van der Waals surface area contributed by atoms with Crippen LogP contribution >= 0.6 is 0 Å². The van der Waals surface area contributed by atoms with Gasteiger partial charge in [-0.05, 0) is 17.7 Å². The third-order valence-corrected chi connectivity index (χ3v) is 3.24. The lowest BCUT2D eigenvalue weighted by Crippen LogP contribution is -2.43. The van der Waals surface area contributed by atoms with E-state index in [-0.39, 0.29) is 18.4 Å². The lowest BCUT2D eigenvalue weighted by atomic mass is 9.94. The number of carbonyl (C=O) groups is 1. The molecule has 1 aromatic rings. The number of ketones is 1. The van der Waals surface area contributed by atoms with Crippen molar-refractivity contribution in [3.05, 3.63) is 42.0 Å². The molecule has 6 heteroatoms. The molecule has 1 unspecified atom stereocenters. The molecular formula is C14H13F3O3. The normalized spacial score (nSPS) is 21.7. The first-order valence-electron chi connectivity index (χ1n) is 5.91. The fourth-order valence-electron chi connectivity index (χ4n) is 2.43. The minimum atomic E-state index is -4.88. The van der Waals surface area contributed by atoms with Gasteiger partial charge in [-0.15, -0.1) is 19.8 Å². The maximum atomic E-state index is 12.6. The highest BCUT2D eigenvalue weighted by Gasteiger charge is 2.52. The second-order valence-corrected chi connectivity index (χ2v) is 4.56. The molecule has 0 bridgehead atoms. The number of fused-ring (bicyclic) bond motifs is 1. The molecule has 1 aliphatic carbocycles. The minimum absolute atomic E-state index is 0.128. The first-order valence-corrected chi connectivity index (χ1v) is 5.91. The van der Waals surface area contributed by atoms with E-state index in [4.69, 9.17) is 4.74 Å². The quantitative estimate of drug-likeness (QED) is 0.797. The number of alkyl halides is 3. The van der Waals surface area contributed by atoms with Crippen LogP contribution in [-0.4, -0.2) is 24.9 Å². The summed E-state index contributed by atoms with van der Waals surface area (Å²) in [6, 6.07) is 4.61. The fourth-order valence-corrected chi connectivity index (χ4v) is 2.43. The SMILES string of the molecule is C=CCC1(OC(F)(F)F)Cc2ccc(OC)cc2C1=O. The van der Waals surface area contributed by atoms with Crippen LogP contribution in [0.5, 0.6) is 5.75 Å². The summed E-state index contributed by atoms with van der Waals surface area (Å²) >= 11 is 0. The Morgan fingerprint density at radius 1 is 1.45 bits per heavy atom. The Bertz CT molecular complexity index is 551. The van der Waals surface area contributed by atoms with Gasteiger partial charge in [-0.1, -0.05) is 12.1 Å². The van der Waals surface area contributed by atoms with E-state index in [2.05, 4.69) is 11.3 Å². The molecule has 3 nitrogen and oxygen atoms in total. The van der Waals surface area contributed by atoms with Gasteiger partial charge in [0.2, 0.25) is 0 Å². The molecule has 1 aromatic carbocycles. The number of hydrogen-bond acceptors (Lipinski definition) is 3. The van der Waals surface area contributed by atoms with Crippen LogP contribution in [0.25, 0.3) is 0 Å². The van der Waals surface area contributed by atoms with Gasteiger partial charge in [-0.3, -0.25) is 9.53 Å². The Hall–Kier alpha value is -1.82. The summed E-state index contributed by atoms with van der Waals surface area (Å²) in [6.07, 6.45) is -3.96. The van der Waals surface area contributed by atoms with Gasteiger partial charge in [0, 0.05) is 18.4 Å². The number of carbonyl (C=O) groups excluding carboxylic acids is 1. The van der Waals surface area contributed by atoms with E-state index in [1.807, 2.05) is 0 Å². The predicted octanol–water partition coefficient (Wildman–Crippen LogP) is 3.29. The van der Waals surface area contributed by atoms with Crippen LogP contribution in [0.1, 0.15) is 22.3 Å². The summed E-state index contributed by atoms with van der Waals surface area (Å²) in [6.45, 7) is 3.41. The second kappa shape index (κ2) is 4.94. The number of hydrogen-bond donors (Lipinski definition) is 0. The summed E-state index contributed by atoms with van der Waals surface area (Å²) in [5, 5.41) is 0. The van der Waals surface area contributed by atoms with Crippen molar-refractivity contribution in [2.45, 2.75) is 24.8 Å². The highest BCUT2D eigenvalue weighted by molar-refractivity contribution is 6.07. The Balaban J connectivity index is 2.43. The number of benzene rings is 1. The summed E-state index contributed by atoms with van der Waals surface area (Å²) < 4.78 is 46.9. The molecule has 108 valence electrons. The molecule has 1 aliphatic rings. The molecule has 0 spiro atoms. The Morgan fingerprint density at radius 2 is 2.15 bits per heavy atom. The molecule has 0 aliphatic heterocycles. The lowest BCUT2D eigenvalue weighted by molar-refractivity contribution is -0.355. The largest absolute Gasteiger partial charge is 0.523 e. The first-order chi connectivity index (χ1) is 9.31. The van der Waals surface area contributed by atoms with Crippen molar-refractivity contribution in [2.24, 2.45) is 0 Å². The van der Waals surface area contributed by atoms with Crippen LogP contribution < -0.4 is 4.74 Å². The third kappa shape index (κ3) is 2.56.